The Balaban J connectivity index is 1.42. The van der Waals surface area contributed by atoms with Crippen LogP contribution in [0.15, 0.2) is 48.7 Å². The number of carbonyl (C=O) groups is 1. The van der Waals surface area contributed by atoms with Gasteiger partial charge in [-0.25, -0.2) is 9.97 Å². The molecular weight excluding hydrogens is 435 g/mol. The van der Waals surface area contributed by atoms with Gasteiger partial charge in [-0.05, 0) is 30.3 Å². The van der Waals surface area contributed by atoms with Crippen LogP contribution in [0.5, 0.6) is 11.6 Å². The monoisotopic (exact) mass is 455 g/mol. The molecule has 4 rings (SSSR count). The van der Waals surface area contributed by atoms with E-state index in [1.54, 1.807) is 35.2 Å². The van der Waals surface area contributed by atoms with Gasteiger partial charge in [0, 0.05) is 56.8 Å². The lowest BCUT2D eigenvalue weighted by molar-refractivity contribution is -0.137. The third-order valence-electron chi connectivity index (χ3n) is 5.37. The summed E-state index contributed by atoms with van der Waals surface area (Å²) in [4.78, 5) is 24.9. The van der Waals surface area contributed by atoms with Crippen LogP contribution in [0.4, 0.5) is 13.2 Å². The van der Waals surface area contributed by atoms with Crippen LogP contribution in [0.2, 0.25) is 0 Å². The van der Waals surface area contributed by atoms with E-state index >= 15 is 0 Å². The number of alkyl halides is 3. The Kier molecular flexibility index (Phi) is 6.42. The number of aromatic nitrogens is 2. The molecule has 3 heterocycles. The van der Waals surface area contributed by atoms with Crippen LogP contribution in [0.3, 0.4) is 0 Å². The van der Waals surface area contributed by atoms with E-state index in [4.69, 9.17) is 10.00 Å². The molecule has 33 heavy (non-hydrogen) atoms. The van der Waals surface area contributed by atoms with Gasteiger partial charge in [-0.15, -0.1) is 0 Å². The van der Waals surface area contributed by atoms with Crippen molar-refractivity contribution in [1.29, 1.82) is 5.26 Å². The highest BCUT2D eigenvalue weighted by Gasteiger charge is 2.30. The highest BCUT2D eigenvalue weighted by Crippen LogP contribution is 2.30. The number of hydrogen-bond donors (Lipinski definition) is 0. The lowest BCUT2D eigenvalue weighted by atomic mass is 10.1. The summed E-state index contributed by atoms with van der Waals surface area (Å²) in [5.74, 6) is 0.284. The summed E-state index contributed by atoms with van der Waals surface area (Å²) < 4.78 is 43.6. The molecule has 0 saturated carbocycles. The molecule has 0 radical (unpaired) electrons. The van der Waals surface area contributed by atoms with Gasteiger partial charge in [0.15, 0.2) is 0 Å². The minimum absolute atomic E-state index is 0.0380. The predicted octanol–water partition coefficient (Wildman–Crippen LogP) is 4.11. The third kappa shape index (κ3) is 5.38. The number of halogens is 3. The zero-order chi connectivity index (χ0) is 23.4. The Morgan fingerprint density at radius 2 is 1.88 bits per heavy atom. The van der Waals surface area contributed by atoms with E-state index in [2.05, 4.69) is 20.9 Å². The molecule has 0 spiro atoms. The number of benzene rings is 1. The van der Waals surface area contributed by atoms with Crippen LogP contribution in [0.25, 0.3) is 10.9 Å². The maximum atomic E-state index is 12.8. The fourth-order valence-electron chi connectivity index (χ4n) is 3.56. The van der Waals surface area contributed by atoms with E-state index in [0.717, 1.165) is 36.8 Å². The van der Waals surface area contributed by atoms with Gasteiger partial charge in [-0.2, -0.15) is 18.4 Å². The van der Waals surface area contributed by atoms with Crippen LogP contribution in [0.1, 0.15) is 22.5 Å². The number of amides is 1. The van der Waals surface area contributed by atoms with E-state index in [1.165, 1.54) is 0 Å². The summed E-state index contributed by atoms with van der Waals surface area (Å²) in [6.45, 7) is 3.31. The van der Waals surface area contributed by atoms with Crippen molar-refractivity contribution in [3.63, 3.8) is 0 Å². The normalized spacial score (nSPS) is 14.8. The standard InChI is InChI=1S/C23H20F3N5O2/c24-23(25,26)17-3-7-21(28-15-17)33-18-4-6-19-16(14-18)2-5-20(29-19)22(32)31-12-10-30(11-13-31)9-1-8-27/h2-7,14-15H,1,9-13H2. The molecule has 0 unspecified atom stereocenters. The smallest absolute Gasteiger partial charge is 0.417 e. The van der Waals surface area contributed by atoms with Crippen molar-refractivity contribution in [2.75, 3.05) is 32.7 Å². The number of rotatable bonds is 5. The van der Waals surface area contributed by atoms with Gasteiger partial charge in [-0.1, -0.05) is 6.07 Å². The Morgan fingerprint density at radius 1 is 1.09 bits per heavy atom. The van der Waals surface area contributed by atoms with Crippen molar-refractivity contribution < 1.29 is 22.7 Å². The summed E-state index contributed by atoms with van der Waals surface area (Å²) in [6.07, 6.45) is -3.26. The molecule has 0 aliphatic carbocycles. The Hall–Kier alpha value is -3.71. The molecule has 1 fully saturated rings. The van der Waals surface area contributed by atoms with Gasteiger partial charge in [0.05, 0.1) is 17.1 Å². The van der Waals surface area contributed by atoms with Crippen LogP contribution in [-0.4, -0.2) is 58.4 Å². The number of pyridine rings is 2. The molecule has 170 valence electrons. The summed E-state index contributed by atoms with van der Waals surface area (Å²) in [6, 6.07) is 12.6. The zero-order valence-electron chi connectivity index (χ0n) is 17.5. The van der Waals surface area contributed by atoms with Crippen LogP contribution in [0, 0.1) is 11.3 Å². The average Bonchev–Trinajstić information content (AvgIpc) is 2.82. The molecule has 3 aromatic rings. The van der Waals surface area contributed by atoms with Crippen molar-refractivity contribution in [2.45, 2.75) is 12.6 Å². The lowest BCUT2D eigenvalue weighted by Gasteiger charge is -2.34. The molecule has 10 heteroatoms. The van der Waals surface area contributed by atoms with Crippen LogP contribution in [-0.2, 0) is 6.18 Å². The highest BCUT2D eigenvalue weighted by atomic mass is 19.4. The predicted molar refractivity (Wildman–Crippen MR) is 114 cm³/mol. The van der Waals surface area contributed by atoms with Gasteiger partial charge in [0.1, 0.15) is 11.4 Å². The largest absolute Gasteiger partial charge is 0.439 e. The molecular formula is C23H20F3N5O2. The minimum Gasteiger partial charge on any atom is -0.439 e. The van der Waals surface area contributed by atoms with Gasteiger partial charge in [0.2, 0.25) is 5.88 Å². The van der Waals surface area contributed by atoms with Crippen molar-refractivity contribution in [3.05, 3.63) is 59.9 Å². The molecule has 7 nitrogen and oxygen atoms in total. The fraction of sp³-hybridized carbons (Fsp3) is 0.304. The fourth-order valence-corrected chi connectivity index (χ4v) is 3.56. The summed E-state index contributed by atoms with van der Waals surface area (Å²) >= 11 is 0. The Bertz CT molecular complexity index is 1180. The molecule has 0 atom stereocenters. The number of fused-ring (bicyclic) bond motifs is 1. The second-order valence-corrected chi connectivity index (χ2v) is 7.58. The van der Waals surface area contributed by atoms with E-state index in [1.807, 2.05) is 0 Å². The van der Waals surface area contributed by atoms with Crippen molar-refractivity contribution >= 4 is 16.8 Å². The van der Waals surface area contributed by atoms with Crippen LogP contribution < -0.4 is 4.74 Å². The van der Waals surface area contributed by atoms with E-state index < -0.39 is 11.7 Å². The third-order valence-corrected chi connectivity index (χ3v) is 5.37. The first kappa shape index (κ1) is 22.5. The minimum atomic E-state index is -4.46. The average molecular weight is 455 g/mol. The first-order valence-corrected chi connectivity index (χ1v) is 10.3. The molecule has 1 aliphatic rings. The van der Waals surface area contributed by atoms with Gasteiger partial charge >= 0.3 is 6.18 Å². The second kappa shape index (κ2) is 9.42. The number of piperazine rings is 1. The number of nitrogens with zero attached hydrogens (tertiary/aromatic N) is 5. The molecule has 1 saturated heterocycles. The van der Waals surface area contributed by atoms with Crippen LogP contribution >= 0.6 is 0 Å². The number of carbonyl (C=O) groups excluding carboxylic acids is 1. The quantitative estimate of drug-likeness (QED) is 0.576. The van der Waals surface area contributed by atoms with E-state index in [9.17, 15) is 18.0 Å². The highest BCUT2D eigenvalue weighted by molar-refractivity contribution is 5.95. The number of hydrogen-bond acceptors (Lipinski definition) is 6. The Morgan fingerprint density at radius 3 is 2.55 bits per heavy atom. The van der Waals surface area contributed by atoms with Crippen molar-refractivity contribution in [3.8, 4) is 17.7 Å². The lowest BCUT2D eigenvalue weighted by Crippen LogP contribution is -2.48. The molecule has 0 N–H and O–H groups in total. The molecule has 0 bridgehead atoms. The van der Waals surface area contributed by atoms with Gasteiger partial charge in [0.25, 0.3) is 5.91 Å². The SMILES string of the molecule is N#CCCN1CCN(C(=O)c2ccc3cc(Oc4ccc(C(F)(F)F)cn4)ccc3n2)CC1. The number of nitriles is 1. The van der Waals surface area contributed by atoms with Gasteiger partial charge in [-0.3, -0.25) is 9.69 Å². The van der Waals surface area contributed by atoms with Crippen molar-refractivity contribution in [1.82, 2.24) is 19.8 Å². The van der Waals surface area contributed by atoms with Gasteiger partial charge < -0.3 is 9.64 Å². The summed E-state index contributed by atoms with van der Waals surface area (Å²) in [5.41, 5.74) is 0.0885. The first-order valence-electron chi connectivity index (χ1n) is 10.3. The van der Waals surface area contributed by atoms with Crippen molar-refractivity contribution in [2.24, 2.45) is 0 Å². The second-order valence-electron chi connectivity index (χ2n) is 7.58. The Labute approximate surface area is 188 Å². The summed E-state index contributed by atoms with van der Waals surface area (Å²) in [7, 11) is 0. The number of ether oxygens (including phenoxy) is 1. The molecule has 1 amide bonds. The maximum absolute atomic E-state index is 12.8. The maximum Gasteiger partial charge on any atom is 0.417 e. The molecule has 1 aromatic carbocycles. The van der Waals surface area contributed by atoms with E-state index in [-0.39, 0.29) is 11.8 Å². The molecule has 2 aromatic heterocycles. The zero-order valence-corrected chi connectivity index (χ0v) is 17.5. The topological polar surface area (TPSA) is 82.4 Å². The first-order chi connectivity index (χ1) is 15.8. The molecule has 1 aliphatic heterocycles. The summed E-state index contributed by atoms with van der Waals surface area (Å²) in [5, 5.41) is 9.42. The van der Waals surface area contributed by atoms with E-state index in [0.29, 0.717) is 43.0 Å².